The summed E-state index contributed by atoms with van der Waals surface area (Å²) in [6, 6.07) is 38.6. The van der Waals surface area contributed by atoms with Gasteiger partial charge in [0.05, 0.1) is 0 Å². The SMILES string of the molecule is Clc1cccc2sc3cccc(-c4cccc(-c5cccc(-c6ccccc6Br)c5)c4)c3c12. The Hall–Kier alpha value is -2.91. The van der Waals surface area contributed by atoms with Crippen LogP contribution in [0.5, 0.6) is 0 Å². The highest BCUT2D eigenvalue weighted by Crippen LogP contribution is 2.43. The maximum Gasteiger partial charge on any atom is 0.0499 e. The number of thiophene rings is 1. The van der Waals surface area contributed by atoms with Gasteiger partial charge in [-0.2, -0.15) is 0 Å². The second-order valence-electron chi connectivity index (χ2n) is 8.04. The number of halogens is 2. The molecule has 0 amide bonds. The van der Waals surface area contributed by atoms with E-state index in [1.54, 1.807) is 11.3 Å². The van der Waals surface area contributed by atoms with Crippen molar-refractivity contribution in [2.75, 3.05) is 0 Å². The fourth-order valence-corrected chi connectivity index (χ4v) is 6.49. The lowest BCUT2D eigenvalue weighted by Crippen LogP contribution is -1.85. The summed E-state index contributed by atoms with van der Waals surface area (Å²) < 4.78 is 3.59. The zero-order valence-electron chi connectivity index (χ0n) is 17.6. The van der Waals surface area contributed by atoms with Crippen LogP contribution in [0.2, 0.25) is 5.02 Å². The highest BCUT2D eigenvalue weighted by atomic mass is 79.9. The predicted molar refractivity (Wildman–Crippen MR) is 148 cm³/mol. The minimum atomic E-state index is 0.809. The van der Waals surface area contributed by atoms with Crippen LogP contribution < -0.4 is 0 Å². The van der Waals surface area contributed by atoms with Crippen molar-refractivity contribution in [3.8, 4) is 33.4 Å². The van der Waals surface area contributed by atoms with Gasteiger partial charge in [0.2, 0.25) is 0 Å². The molecule has 33 heavy (non-hydrogen) atoms. The molecule has 0 unspecified atom stereocenters. The summed E-state index contributed by atoms with van der Waals surface area (Å²) in [6.45, 7) is 0. The first-order valence-corrected chi connectivity index (χ1v) is 12.7. The summed E-state index contributed by atoms with van der Waals surface area (Å²) in [5.74, 6) is 0. The van der Waals surface area contributed by atoms with Gasteiger partial charge in [0, 0.05) is 29.7 Å². The molecule has 1 aromatic heterocycles. The summed E-state index contributed by atoms with van der Waals surface area (Å²) in [6.07, 6.45) is 0. The van der Waals surface area contributed by atoms with Gasteiger partial charge in [-0.25, -0.2) is 0 Å². The lowest BCUT2D eigenvalue weighted by Gasteiger charge is -2.10. The minimum absolute atomic E-state index is 0.809. The van der Waals surface area contributed by atoms with Gasteiger partial charge in [0.25, 0.3) is 0 Å². The molecular formula is C30H18BrClS. The van der Waals surface area contributed by atoms with Crippen LogP contribution in [0.1, 0.15) is 0 Å². The molecule has 0 aliphatic carbocycles. The second-order valence-corrected chi connectivity index (χ2v) is 10.4. The van der Waals surface area contributed by atoms with E-state index in [4.69, 9.17) is 11.6 Å². The van der Waals surface area contributed by atoms with Crippen LogP contribution in [0, 0.1) is 0 Å². The van der Waals surface area contributed by atoms with E-state index >= 15 is 0 Å². The number of fused-ring (bicyclic) bond motifs is 3. The molecule has 1 heterocycles. The standard InChI is InChI=1S/C30H18BrClS/c31-25-13-2-1-11-23(25)21-9-3-7-19(17-21)20-8-4-10-22(18-20)24-12-5-15-27-29(24)30-26(32)14-6-16-28(30)33-27/h1-18H. The molecule has 0 saturated carbocycles. The molecular weight excluding hydrogens is 508 g/mol. The Balaban J connectivity index is 1.51. The van der Waals surface area contributed by atoms with Crippen molar-refractivity contribution in [2.45, 2.75) is 0 Å². The van der Waals surface area contributed by atoms with Gasteiger partial charge >= 0.3 is 0 Å². The van der Waals surface area contributed by atoms with Gasteiger partial charge in [-0.15, -0.1) is 11.3 Å². The average molecular weight is 526 g/mol. The third-order valence-corrected chi connectivity index (χ3v) is 8.15. The molecule has 0 saturated heterocycles. The van der Waals surface area contributed by atoms with E-state index in [2.05, 4.69) is 107 Å². The normalized spacial score (nSPS) is 11.3. The molecule has 158 valence electrons. The maximum absolute atomic E-state index is 6.66. The van der Waals surface area contributed by atoms with Crippen molar-refractivity contribution in [3.05, 3.63) is 119 Å². The Labute approximate surface area is 210 Å². The second kappa shape index (κ2) is 8.46. The summed E-state index contributed by atoms with van der Waals surface area (Å²) in [5.41, 5.74) is 7.21. The summed E-state index contributed by atoms with van der Waals surface area (Å²) in [7, 11) is 0. The molecule has 0 N–H and O–H groups in total. The van der Waals surface area contributed by atoms with Gasteiger partial charge in [0.1, 0.15) is 0 Å². The molecule has 0 aliphatic heterocycles. The van der Waals surface area contributed by atoms with E-state index in [1.165, 1.54) is 48.2 Å². The molecule has 0 fully saturated rings. The van der Waals surface area contributed by atoms with Crippen LogP contribution in [0.15, 0.2) is 114 Å². The van der Waals surface area contributed by atoms with Crippen molar-refractivity contribution >= 4 is 59.0 Å². The summed E-state index contributed by atoms with van der Waals surface area (Å²) in [5, 5.41) is 3.20. The Morgan fingerprint density at radius 3 is 1.79 bits per heavy atom. The van der Waals surface area contributed by atoms with Crippen LogP contribution in [0.25, 0.3) is 53.6 Å². The molecule has 6 aromatic rings. The van der Waals surface area contributed by atoms with Crippen molar-refractivity contribution in [1.82, 2.24) is 0 Å². The van der Waals surface area contributed by atoms with E-state index < -0.39 is 0 Å². The zero-order chi connectivity index (χ0) is 22.4. The van der Waals surface area contributed by atoms with Crippen LogP contribution >= 0.6 is 38.9 Å². The Kier molecular flexibility index (Phi) is 5.30. The Morgan fingerprint density at radius 1 is 0.515 bits per heavy atom. The molecule has 5 aromatic carbocycles. The van der Waals surface area contributed by atoms with Crippen LogP contribution in [-0.4, -0.2) is 0 Å². The molecule has 6 rings (SSSR count). The van der Waals surface area contributed by atoms with E-state index in [0.29, 0.717) is 0 Å². The van der Waals surface area contributed by atoms with Gasteiger partial charge in [-0.1, -0.05) is 100 Å². The molecule has 0 radical (unpaired) electrons. The molecule has 0 spiro atoms. The number of benzene rings is 5. The Morgan fingerprint density at radius 2 is 1.06 bits per heavy atom. The monoisotopic (exact) mass is 524 g/mol. The smallest absolute Gasteiger partial charge is 0.0499 e. The van der Waals surface area contributed by atoms with Gasteiger partial charge in [-0.05, 0) is 69.8 Å². The van der Waals surface area contributed by atoms with Crippen LogP contribution in [0.3, 0.4) is 0 Å². The zero-order valence-corrected chi connectivity index (χ0v) is 20.7. The molecule has 3 heteroatoms. The molecule has 0 atom stereocenters. The number of rotatable bonds is 3. The number of hydrogen-bond donors (Lipinski definition) is 0. The third-order valence-electron chi connectivity index (χ3n) is 6.03. The first-order valence-electron chi connectivity index (χ1n) is 10.7. The van der Waals surface area contributed by atoms with E-state index in [0.717, 1.165) is 14.9 Å². The maximum atomic E-state index is 6.66. The lowest BCUT2D eigenvalue weighted by molar-refractivity contribution is 1.56. The summed E-state index contributed by atoms with van der Waals surface area (Å²) in [4.78, 5) is 0. The van der Waals surface area contributed by atoms with Crippen molar-refractivity contribution < 1.29 is 0 Å². The van der Waals surface area contributed by atoms with Crippen LogP contribution in [-0.2, 0) is 0 Å². The highest BCUT2D eigenvalue weighted by Gasteiger charge is 2.14. The largest absolute Gasteiger partial charge is 0.135 e. The van der Waals surface area contributed by atoms with Crippen molar-refractivity contribution in [1.29, 1.82) is 0 Å². The van der Waals surface area contributed by atoms with Crippen molar-refractivity contribution in [3.63, 3.8) is 0 Å². The van der Waals surface area contributed by atoms with Gasteiger partial charge in [-0.3, -0.25) is 0 Å². The Bertz CT molecular complexity index is 1650. The first kappa shape index (κ1) is 20.7. The first-order chi connectivity index (χ1) is 16.2. The summed E-state index contributed by atoms with van der Waals surface area (Å²) >= 11 is 12.1. The highest BCUT2D eigenvalue weighted by molar-refractivity contribution is 9.10. The van der Waals surface area contributed by atoms with Crippen molar-refractivity contribution in [2.24, 2.45) is 0 Å². The number of hydrogen-bond acceptors (Lipinski definition) is 1. The minimum Gasteiger partial charge on any atom is -0.135 e. The lowest BCUT2D eigenvalue weighted by atomic mass is 9.94. The van der Waals surface area contributed by atoms with Gasteiger partial charge < -0.3 is 0 Å². The fourth-order valence-electron chi connectivity index (χ4n) is 4.49. The van der Waals surface area contributed by atoms with E-state index in [1.807, 2.05) is 18.2 Å². The third kappa shape index (κ3) is 3.69. The average Bonchev–Trinajstić information content (AvgIpc) is 3.25. The van der Waals surface area contributed by atoms with Crippen LogP contribution in [0.4, 0.5) is 0 Å². The van der Waals surface area contributed by atoms with E-state index in [9.17, 15) is 0 Å². The quantitative estimate of drug-likeness (QED) is 0.215. The molecule has 0 bridgehead atoms. The topological polar surface area (TPSA) is 0 Å². The van der Waals surface area contributed by atoms with E-state index in [-0.39, 0.29) is 0 Å². The molecule has 0 aliphatic rings. The predicted octanol–water partition coefficient (Wildman–Crippen LogP) is 10.5. The molecule has 0 nitrogen and oxygen atoms in total. The fraction of sp³-hybridized carbons (Fsp3) is 0. The van der Waals surface area contributed by atoms with Gasteiger partial charge in [0.15, 0.2) is 0 Å².